The zero-order valence-corrected chi connectivity index (χ0v) is 17.9. The van der Waals surface area contributed by atoms with Crippen LogP contribution in [-0.4, -0.2) is 18.5 Å². The van der Waals surface area contributed by atoms with E-state index < -0.39 is 0 Å². The quantitative estimate of drug-likeness (QED) is 0.776. The number of fused-ring (bicyclic) bond motifs is 1. The standard InChI is InChI=1S/C26H31N3O/c1-19-6-5-9-22(12-19)17-29-18-24(15-23-13-21(16-27)10-11-25(23)29)28-26(30)14-20-7-3-2-4-8-20/h5-6,9-13,20,24H,2-4,7-8,14-15,17-18H2,1H3,(H,28,30). The second-order valence-corrected chi connectivity index (χ2v) is 9.00. The molecule has 0 radical (unpaired) electrons. The van der Waals surface area contributed by atoms with Crippen LogP contribution < -0.4 is 10.2 Å². The third-order valence-electron chi connectivity index (χ3n) is 6.48. The van der Waals surface area contributed by atoms with Gasteiger partial charge in [-0.05, 0) is 61.4 Å². The van der Waals surface area contributed by atoms with Crippen LogP contribution in [0.3, 0.4) is 0 Å². The number of hydrogen-bond acceptors (Lipinski definition) is 3. The highest BCUT2D eigenvalue weighted by atomic mass is 16.1. The van der Waals surface area contributed by atoms with Crippen molar-refractivity contribution in [3.05, 3.63) is 64.7 Å². The zero-order chi connectivity index (χ0) is 20.9. The summed E-state index contributed by atoms with van der Waals surface area (Å²) in [6.45, 7) is 3.71. The molecule has 2 aromatic rings. The van der Waals surface area contributed by atoms with Crippen molar-refractivity contribution in [2.75, 3.05) is 11.4 Å². The van der Waals surface area contributed by atoms with Gasteiger partial charge in [-0.1, -0.05) is 49.1 Å². The molecule has 0 saturated heterocycles. The second-order valence-electron chi connectivity index (χ2n) is 9.00. The second kappa shape index (κ2) is 9.34. The number of benzene rings is 2. The maximum Gasteiger partial charge on any atom is 0.220 e. The molecule has 4 nitrogen and oxygen atoms in total. The van der Waals surface area contributed by atoms with Crippen LogP contribution in [0.4, 0.5) is 5.69 Å². The third-order valence-corrected chi connectivity index (χ3v) is 6.48. The molecule has 0 bridgehead atoms. The van der Waals surface area contributed by atoms with Crippen molar-refractivity contribution in [1.29, 1.82) is 5.26 Å². The van der Waals surface area contributed by atoms with Gasteiger partial charge in [-0.25, -0.2) is 0 Å². The minimum absolute atomic E-state index is 0.0762. The Bertz CT molecular complexity index is 940. The smallest absolute Gasteiger partial charge is 0.220 e. The Morgan fingerprint density at radius 2 is 2.00 bits per heavy atom. The zero-order valence-electron chi connectivity index (χ0n) is 17.9. The van der Waals surface area contributed by atoms with Gasteiger partial charge in [-0.15, -0.1) is 0 Å². The summed E-state index contributed by atoms with van der Waals surface area (Å²) < 4.78 is 0. The molecule has 0 spiro atoms. The molecule has 1 heterocycles. The van der Waals surface area contributed by atoms with E-state index in [-0.39, 0.29) is 11.9 Å². The fourth-order valence-electron chi connectivity index (χ4n) is 5.04. The largest absolute Gasteiger partial charge is 0.365 e. The van der Waals surface area contributed by atoms with Crippen molar-refractivity contribution in [1.82, 2.24) is 5.32 Å². The molecule has 1 saturated carbocycles. The van der Waals surface area contributed by atoms with Gasteiger partial charge in [0.15, 0.2) is 0 Å². The number of nitrogens with zero attached hydrogens (tertiary/aromatic N) is 2. The summed E-state index contributed by atoms with van der Waals surface area (Å²) in [6, 6.07) is 16.8. The number of aryl methyl sites for hydroxylation is 1. The average Bonchev–Trinajstić information content (AvgIpc) is 2.74. The van der Waals surface area contributed by atoms with Crippen molar-refractivity contribution < 1.29 is 4.79 Å². The van der Waals surface area contributed by atoms with Crippen molar-refractivity contribution in [3.8, 4) is 6.07 Å². The molecule has 4 heteroatoms. The number of hydrogen-bond donors (Lipinski definition) is 1. The average molecular weight is 402 g/mol. The van der Waals surface area contributed by atoms with Crippen LogP contribution in [0.15, 0.2) is 42.5 Å². The van der Waals surface area contributed by atoms with Gasteiger partial charge in [0, 0.05) is 25.2 Å². The lowest BCUT2D eigenvalue weighted by Gasteiger charge is -2.37. The fraction of sp³-hybridized carbons (Fsp3) is 0.462. The maximum atomic E-state index is 12.7. The summed E-state index contributed by atoms with van der Waals surface area (Å²) in [5.74, 6) is 0.727. The molecule has 1 aliphatic heterocycles. The molecule has 156 valence electrons. The summed E-state index contributed by atoms with van der Waals surface area (Å²) in [6.07, 6.45) is 7.64. The summed E-state index contributed by atoms with van der Waals surface area (Å²) in [5.41, 5.74) is 5.52. The monoisotopic (exact) mass is 401 g/mol. The highest BCUT2D eigenvalue weighted by Crippen LogP contribution is 2.30. The van der Waals surface area contributed by atoms with E-state index in [4.69, 9.17) is 0 Å². The van der Waals surface area contributed by atoms with Crippen LogP contribution in [0.25, 0.3) is 0 Å². The van der Waals surface area contributed by atoms with Gasteiger partial charge < -0.3 is 10.2 Å². The SMILES string of the molecule is Cc1cccc(CN2CC(NC(=O)CC3CCCCC3)Cc3cc(C#N)ccc32)c1. The summed E-state index contributed by atoms with van der Waals surface area (Å²) in [5, 5.41) is 12.6. The van der Waals surface area contributed by atoms with Crippen molar-refractivity contribution in [2.45, 2.75) is 64.5 Å². The number of rotatable bonds is 5. The lowest BCUT2D eigenvalue weighted by molar-refractivity contribution is -0.122. The number of nitrogens with one attached hydrogen (secondary N) is 1. The third kappa shape index (κ3) is 5.02. The van der Waals surface area contributed by atoms with Gasteiger partial charge in [-0.3, -0.25) is 4.79 Å². The van der Waals surface area contributed by atoms with Gasteiger partial charge in [0.05, 0.1) is 17.7 Å². The van der Waals surface area contributed by atoms with E-state index in [9.17, 15) is 10.1 Å². The van der Waals surface area contributed by atoms with Crippen LogP contribution in [0.1, 0.15) is 60.8 Å². The van der Waals surface area contributed by atoms with Crippen molar-refractivity contribution in [3.63, 3.8) is 0 Å². The first-order valence-corrected chi connectivity index (χ1v) is 11.2. The predicted octanol–water partition coefficient (Wildman–Crippen LogP) is 4.88. The van der Waals surface area contributed by atoms with Crippen LogP contribution in [0.5, 0.6) is 0 Å². The lowest BCUT2D eigenvalue weighted by Crippen LogP contribution is -2.48. The van der Waals surface area contributed by atoms with Crippen LogP contribution >= 0.6 is 0 Å². The van der Waals surface area contributed by atoms with E-state index >= 15 is 0 Å². The van der Waals surface area contributed by atoms with Crippen LogP contribution in [0.2, 0.25) is 0 Å². The van der Waals surface area contributed by atoms with Crippen LogP contribution in [-0.2, 0) is 17.8 Å². The molecule has 1 aliphatic carbocycles. The van der Waals surface area contributed by atoms with Gasteiger partial charge in [0.2, 0.25) is 5.91 Å². The van der Waals surface area contributed by atoms with E-state index in [0.717, 1.165) is 25.1 Å². The first kappa shape index (κ1) is 20.5. The highest BCUT2D eigenvalue weighted by molar-refractivity contribution is 5.77. The van der Waals surface area contributed by atoms with Crippen molar-refractivity contribution in [2.24, 2.45) is 5.92 Å². The van der Waals surface area contributed by atoms with E-state index in [1.165, 1.54) is 48.9 Å². The van der Waals surface area contributed by atoms with Crippen molar-refractivity contribution >= 4 is 11.6 Å². The molecule has 1 N–H and O–H groups in total. The van der Waals surface area contributed by atoms with Gasteiger partial charge in [0.25, 0.3) is 0 Å². The van der Waals surface area contributed by atoms with E-state index in [1.807, 2.05) is 12.1 Å². The Labute approximate surface area is 179 Å². The summed E-state index contributed by atoms with van der Waals surface area (Å²) in [4.78, 5) is 15.1. The van der Waals surface area contributed by atoms with Gasteiger partial charge in [0.1, 0.15) is 0 Å². The molecule has 0 aromatic heterocycles. The molecule has 1 unspecified atom stereocenters. The topological polar surface area (TPSA) is 56.1 Å². The molecule has 2 aromatic carbocycles. The molecule has 1 fully saturated rings. The number of carbonyl (C=O) groups is 1. The Morgan fingerprint density at radius 3 is 2.77 bits per heavy atom. The van der Waals surface area contributed by atoms with Crippen LogP contribution in [0, 0.1) is 24.2 Å². The summed E-state index contributed by atoms with van der Waals surface area (Å²) >= 11 is 0. The van der Waals surface area contributed by atoms with Gasteiger partial charge >= 0.3 is 0 Å². The van der Waals surface area contributed by atoms with E-state index in [2.05, 4.69) is 53.5 Å². The fourth-order valence-corrected chi connectivity index (χ4v) is 5.04. The normalized spacial score (nSPS) is 19.1. The Balaban J connectivity index is 1.50. The first-order valence-electron chi connectivity index (χ1n) is 11.2. The molecule has 30 heavy (non-hydrogen) atoms. The lowest BCUT2D eigenvalue weighted by atomic mass is 9.86. The minimum atomic E-state index is 0.0762. The highest BCUT2D eigenvalue weighted by Gasteiger charge is 2.27. The molecular weight excluding hydrogens is 370 g/mol. The van der Waals surface area contributed by atoms with Gasteiger partial charge in [-0.2, -0.15) is 5.26 Å². The molecule has 1 atom stereocenters. The summed E-state index contributed by atoms with van der Waals surface area (Å²) in [7, 11) is 0. The number of nitriles is 1. The molecule has 4 rings (SSSR count). The number of anilines is 1. The molecule has 1 amide bonds. The van der Waals surface area contributed by atoms with E-state index in [1.54, 1.807) is 0 Å². The van der Waals surface area contributed by atoms with E-state index in [0.29, 0.717) is 17.9 Å². The Kier molecular flexibility index (Phi) is 6.38. The Hall–Kier alpha value is -2.80. The molecular formula is C26H31N3O. The molecule has 2 aliphatic rings. The number of carbonyl (C=O) groups excluding carboxylic acids is 1. The maximum absolute atomic E-state index is 12.7. The Morgan fingerprint density at radius 1 is 1.17 bits per heavy atom. The number of amides is 1. The predicted molar refractivity (Wildman–Crippen MR) is 120 cm³/mol. The first-order chi connectivity index (χ1) is 14.6. The minimum Gasteiger partial charge on any atom is -0.365 e.